The van der Waals surface area contributed by atoms with Crippen LogP contribution in [0.5, 0.6) is 0 Å². The predicted molar refractivity (Wildman–Crippen MR) is 156 cm³/mol. The lowest BCUT2D eigenvalue weighted by Crippen LogP contribution is -2.58. The van der Waals surface area contributed by atoms with Gasteiger partial charge in [0.1, 0.15) is 17.8 Å². The number of aliphatic hydroxyl groups is 1. The number of hydrogen-bond donors (Lipinski definition) is 1. The molecule has 0 saturated heterocycles. The van der Waals surface area contributed by atoms with E-state index in [0.717, 1.165) is 27.7 Å². The molecule has 8 atom stereocenters. The van der Waals surface area contributed by atoms with Crippen LogP contribution in [0.3, 0.4) is 0 Å². The van der Waals surface area contributed by atoms with Crippen molar-refractivity contribution in [1.29, 1.82) is 0 Å². The van der Waals surface area contributed by atoms with Crippen molar-refractivity contribution in [3.8, 4) is 0 Å². The third kappa shape index (κ3) is 8.05. The van der Waals surface area contributed by atoms with Crippen molar-refractivity contribution in [2.75, 3.05) is 0 Å². The summed E-state index contributed by atoms with van der Waals surface area (Å²) in [5, 5.41) is 11.6. The van der Waals surface area contributed by atoms with Gasteiger partial charge in [-0.15, -0.1) is 0 Å². The van der Waals surface area contributed by atoms with E-state index >= 15 is 0 Å². The van der Waals surface area contributed by atoms with Crippen LogP contribution < -0.4 is 0 Å². The molecule has 0 spiro atoms. The van der Waals surface area contributed by atoms with E-state index in [-0.39, 0.29) is 5.57 Å². The van der Waals surface area contributed by atoms with Crippen molar-refractivity contribution in [2.24, 2.45) is 23.2 Å². The number of hydrogen-bond acceptors (Lipinski definition) is 13. The second-order valence-electron chi connectivity index (χ2n) is 12.8. The Morgan fingerprint density at radius 1 is 0.822 bits per heavy atom. The van der Waals surface area contributed by atoms with Crippen LogP contribution in [0, 0.1) is 23.2 Å². The Labute approximate surface area is 262 Å². The molecule has 2 rings (SSSR count). The molecule has 13 nitrogen and oxygen atoms in total. The molecule has 2 aliphatic carbocycles. The van der Waals surface area contributed by atoms with Crippen LogP contribution in [0.1, 0.15) is 75.7 Å². The summed E-state index contributed by atoms with van der Waals surface area (Å²) in [6, 6.07) is 0. The number of rotatable bonds is 6. The van der Waals surface area contributed by atoms with Crippen LogP contribution in [-0.2, 0) is 57.2 Å². The predicted octanol–water partition coefficient (Wildman–Crippen LogP) is 2.35. The van der Waals surface area contributed by atoms with Gasteiger partial charge >= 0.3 is 29.8 Å². The fraction of sp³-hybridized carbons (Fsp3) is 0.656. The highest BCUT2D eigenvalue weighted by Gasteiger charge is 2.70. The molecule has 0 bridgehead atoms. The first kappa shape index (κ1) is 37.3. The summed E-state index contributed by atoms with van der Waals surface area (Å²) in [6.07, 6.45) is -4.95. The average Bonchev–Trinajstić information content (AvgIpc) is 3.10. The highest BCUT2D eigenvalue weighted by molar-refractivity contribution is 5.95. The molecule has 0 aromatic rings. The normalized spacial score (nSPS) is 34.0. The van der Waals surface area contributed by atoms with E-state index in [1.807, 2.05) is 0 Å². The number of ketones is 2. The van der Waals surface area contributed by atoms with Crippen molar-refractivity contribution in [1.82, 2.24) is 0 Å². The number of fused-ring (bicyclic) bond motifs is 1. The molecule has 0 aromatic heterocycles. The summed E-state index contributed by atoms with van der Waals surface area (Å²) in [6.45, 7) is 16.8. The number of allylic oxidation sites excluding steroid dienone is 2. The van der Waals surface area contributed by atoms with Gasteiger partial charge in [0.15, 0.2) is 23.3 Å². The Kier molecular flexibility index (Phi) is 11.3. The number of carbonyl (C=O) groups excluding carboxylic acids is 7. The Hall–Kier alpha value is -3.87. The number of carbonyl (C=O) groups is 7. The molecule has 0 aromatic carbocycles. The molecule has 1 saturated carbocycles. The molecule has 1 fully saturated rings. The van der Waals surface area contributed by atoms with Gasteiger partial charge in [-0.3, -0.25) is 33.6 Å². The van der Waals surface area contributed by atoms with Crippen LogP contribution in [0.2, 0.25) is 0 Å². The van der Waals surface area contributed by atoms with E-state index in [4.69, 9.17) is 23.7 Å². The first-order valence-electron chi connectivity index (χ1n) is 14.6. The maximum absolute atomic E-state index is 14.4. The van der Waals surface area contributed by atoms with Gasteiger partial charge in [-0.25, -0.2) is 0 Å². The second-order valence-corrected chi connectivity index (χ2v) is 12.8. The third-order valence-corrected chi connectivity index (χ3v) is 7.87. The van der Waals surface area contributed by atoms with Crippen LogP contribution in [0.25, 0.3) is 0 Å². The van der Waals surface area contributed by atoms with Gasteiger partial charge in [-0.05, 0) is 20.8 Å². The fourth-order valence-electron chi connectivity index (χ4n) is 5.88. The van der Waals surface area contributed by atoms with Crippen LogP contribution in [0.4, 0.5) is 0 Å². The molecule has 2 aliphatic rings. The molecule has 0 radical (unpaired) electrons. The summed E-state index contributed by atoms with van der Waals surface area (Å²) < 4.78 is 28.1. The van der Waals surface area contributed by atoms with E-state index in [1.165, 1.54) is 53.7 Å². The lowest BCUT2D eigenvalue weighted by Gasteiger charge is -2.42. The smallest absolute Gasteiger partial charge is 0.309 e. The molecule has 0 aliphatic heterocycles. The second kappa shape index (κ2) is 13.6. The monoisotopic (exact) mass is 636 g/mol. The molecule has 0 amide bonds. The maximum Gasteiger partial charge on any atom is 0.309 e. The minimum Gasteiger partial charge on any atom is -0.459 e. The molecule has 250 valence electrons. The lowest BCUT2D eigenvalue weighted by atomic mass is 9.72. The van der Waals surface area contributed by atoms with Gasteiger partial charge in [0, 0.05) is 51.0 Å². The Bertz CT molecular complexity index is 1290. The molecule has 45 heavy (non-hydrogen) atoms. The fourth-order valence-corrected chi connectivity index (χ4v) is 5.88. The van der Waals surface area contributed by atoms with E-state index in [9.17, 15) is 38.7 Å². The van der Waals surface area contributed by atoms with Gasteiger partial charge in [0.2, 0.25) is 6.10 Å². The minimum absolute atomic E-state index is 0.368. The Morgan fingerprint density at radius 2 is 1.33 bits per heavy atom. The maximum atomic E-state index is 14.4. The molecular weight excluding hydrogens is 592 g/mol. The van der Waals surface area contributed by atoms with E-state index in [1.54, 1.807) is 0 Å². The van der Waals surface area contributed by atoms with Crippen molar-refractivity contribution in [2.45, 2.75) is 111 Å². The zero-order valence-electron chi connectivity index (χ0n) is 27.5. The molecule has 13 heteroatoms. The standard InChI is InChI=1S/C32H44O13/c1-15(2)29(39)44-25-24(42-19(6)34)17(4)23(41-18(5)33)22-28(43-20(7)35)31(11,40)14-32(22,45-21(8)36)26(37)16(3)12-13-30(9,10)27(25)38/h12-13,15-16,22-25,28,40H,4,14H2,1-3,5-11H3/b13-12+/t16-,22+,23-,24?,25-,28?,31-,32?/m1/s1. The highest BCUT2D eigenvalue weighted by atomic mass is 16.6. The molecule has 0 heterocycles. The minimum atomic E-state index is -2.31. The van der Waals surface area contributed by atoms with Crippen LogP contribution in [-0.4, -0.2) is 82.1 Å². The molecule has 3 unspecified atom stereocenters. The van der Waals surface area contributed by atoms with E-state index in [2.05, 4.69) is 6.58 Å². The van der Waals surface area contributed by atoms with Crippen LogP contribution in [0.15, 0.2) is 24.3 Å². The van der Waals surface area contributed by atoms with Crippen molar-refractivity contribution < 1.29 is 62.4 Å². The summed E-state index contributed by atoms with van der Waals surface area (Å²) in [7, 11) is 0. The first-order chi connectivity index (χ1) is 20.5. The van der Waals surface area contributed by atoms with E-state index in [0.29, 0.717) is 0 Å². The zero-order chi connectivity index (χ0) is 34.8. The Morgan fingerprint density at radius 3 is 1.80 bits per heavy atom. The first-order valence-corrected chi connectivity index (χ1v) is 14.6. The van der Waals surface area contributed by atoms with Crippen molar-refractivity contribution >= 4 is 41.4 Å². The topological polar surface area (TPSA) is 186 Å². The summed E-state index contributed by atoms with van der Waals surface area (Å²) >= 11 is 0. The average molecular weight is 637 g/mol. The van der Waals surface area contributed by atoms with Crippen LogP contribution >= 0.6 is 0 Å². The van der Waals surface area contributed by atoms with Gasteiger partial charge < -0.3 is 28.8 Å². The number of esters is 5. The van der Waals surface area contributed by atoms with Gasteiger partial charge in [-0.1, -0.05) is 39.5 Å². The third-order valence-electron chi connectivity index (χ3n) is 7.87. The van der Waals surface area contributed by atoms with E-state index < -0.39 is 107 Å². The van der Waals surface area contributed by atoms with Crippen molar-refractivity contribution in [3.05, 3.63) is 24.3 Å². The van der Waals surface area contributed by atoms with Crippen molar-refractivity contribution in [3.63, 3.8) is 0 Å². The molecular formula is C32H44O13. The number of Topliss-reactive ketones (excluding diaryl/α,β-unsaturated/α-hetero) is 2. The highest BCUT2D eigenvalue weighted by Crippen LogP contribution is 2.52. The van der Waals surface area contributed by atoms with Gasteiger partial charge in [0.25, 0.3) is 0 Å². The zero-order valence-corrected chi connectivity index (χ0v) is 27.5. The molecule has 1 N–H and O–H groups in total. The Balaban J connectivity index is 3.14. The van der Waals surface area contributed by atoms with Gasteiger partial charge in [-0.2, -0.15) is 0 Å². The summed E-state index contributed by atoms with van der Waals surface area (Å²) in [4.78, 5) is 91.5. The SMILES string of the molecule is C=C1C(OC(C)=O)[C@@H](OC(=O)C(C)C)C(=O)C(C)(C)/C=C/[C@@H](C)C(=O)C2(OC(C)=O)C[C@@](C)(O)C(OC(C)=O)[C@@H]2[C@@H]1OC(C)=O. The quantitative estimate of drug-likeness (QED) is 0.255. The van der Waals surface area contributed by atoms with Gasteiger partial charge in [0.05, 0.1) is 11.8 Å². The summed E-state index contributed by atoms with van der Waals surface area (Å²) in [5.74, 6) is -9.56. The summed E-state index contributed by atoms with van der Waals surface area (Å²) in [5.41, 5.74) is -6.17. The largest absolute Gasteiger partial charge is 0.459 e. The number of ether oxygens (including phenoxy) is 5. The lowest BCUT2D eigenvalue weighted by molar-refractivity contribution is -0.188.